The van der Waals surface area contributed by atoms with Crippen LogP contribution in [0.2, 0.25) is 0 Å². The second-order valence-electron chi connectivity index (χ2n) is 17.6. The van der Waals surface area contributed by atoms with Crippen molar-refractivity contribution >= 4 is 5.91 Å². The number of unbranched alkanes of at least 4 members (excludes halogenated alkanes) is 28. The maximum absolute atomic E-state index is 12.4. The molecule has 0 spiro atoms. The van der Waals surface area contributed by atoms with Crippen LogP contribution in [-0.2, 0) is 4.79 Å². The second kappa shape index (κ2) is 51.9. The number of hydrogen-bond donors (Lipinski definition) is 3. The third-order valence-electron chi connectivity index (χ3n) is 11.6. The first-order valence-corrected chi connectivity index (χ1v) is 26.3. The van der Waals surface area contributed by atoms with Gasteiger partial charge in [-0.15, -0.1) is 0 Å². The zero-order valence-electron chi connectivity index (χ0n) is 40.4. The van der Waals surface area contributed by atoms with Crippen LogP contribution in [0, 0.1) is 0 Å². The highest BCUT2D eigenvalue weighted by molar-refractivity contribution is 5.76. The molecule has 0 aliphatic heterocycles. The molecule has 4 heteroatoms. The van der Waals surface area contributed by atoms with E-state index < -0.39 is 12.1 Å². The summed E-state index contributed by atoms with van der Waals surface area (Å²) in [6.07, 6.45) is 75.9. The molecule has 61 heavy (non-hydrogen) atoms. The number of hydrogen-bond acceptors (Lipinski definition) is 3. The lowest BCUT2D eigenvalue weighted by Crippen LogP contribution is -2.45. The summed E-state index contributed by atoms with van der Waals surface area (Å²) < 4.78 is 0. The zero-order valence-corrected chi connectivity index (χ0v) is 40.4. The molecular formula is C57H101NO3. The van der Waals surface area contributed by atoms with Crippen molar-refractivity contribution in [3.63, 3.8) is 0 Å². The summed E-state index contributed by atoms with van der Waals surface area (Å²) in [4.78, 5) is 12.4. The molecule has 2 unspecified atom stereocenters. The molecule has 4 nitrogen and oxygen atoms in total. The maximum Gasteiger partial charge on any atom is 0.220 e. The Morgan fingerprint density at radius 2 is 0.738 bits per heavy atom. The van der Waals surface area contributed by atoms with Crippen LogP contribution in [0.25, 0.3) is 0 Å². The molecular weight excluding hydrogens is 747 g/mol. The van der Waals surface area contributed by atoms with Crippen LogP contribution in [0.5, 0.6) is 0 Å². The van der Waals surface area contributed by atoms with Crippen molar-refractivity contribution in [3.8, 4) is 0 Å². The Morgan fingerprint density at radius 3 is 1.15 bits per heavy atom. The highest BCUT2D eigenvalue weighted by Crippen LogP contribution is 2.16. The van der Waals surface area contributed by atoms with Crippen molar-refractivity contribution in [2.45, 2.75) is 264 Å². The molecule has 0 aromatic rings. The standard InChI is InChI=1S/C57H101NO3/c1-3-5-7-9-11-13-15-17-19-21-22-23-24-25-26-27-28-29-30-31-32-33-34-35-36-37-39-41-43-45-47-49-51-53-57(61)58-55(54-59)56(60)52-50-48-46-44-42-40-38-20-18-16-14-12-10-8-6-4-2/h5,7,11,13,17,19,22-23,25-26,42,44,50,52,55-56,59-60H,3-4,6,8-10,12,14-16,18,20-21,24,27-41,43,45-49,51,53-54H2,1-2H3,(H,58,61)/b7-5-,13-11-,19-17-,23-22-,26-25-,44-42+,52-50+. The monoisotopic (exact) mass is 848 g/mol. The number of carbonyl (C=O) groups excluding carboxylic acids is 1. The normalized spacial score (nSPS) is 13.6. The average molecular weight is 848 g/mol. The minimum Gasteiger partial charge on any atom is -0.394 e. The number of carbonyl (C=O) groups is 1. The van der Waals surface area contributed by atoms with Gasteiger partial charge in [-0.25, -0.2) is 0 Å². The Bertz CT molecular complexity index is 1100. The third-order valence-corrected chi connectivity index (χ3v) is 11.6. The first kappa shape index (κ1) is 58.6. The van der Waals surface area contributed by atoms with Gasteiger partial charge in [-0.3, -0.25) is 4.79 Å². The Balaban J connectivity index is 3.52. The minimum absolute atomic E-state index is 0.0746. The fourth-order valence-electron chi connectivity index (χ4n) is 7.63. The molecule has 352 valence electrons. The van der Waals surface area contributed by atoms with E-state index in [1.807, 2.05) is 6.08 Å². The fraction of sp³-hybridized carbons (Fsp3) is 0.737. The molecule has 0 aliphatic rings. The number of aliphatic hydroxyl groups is 2. The summed E-state index contributed by atoms with van der Waals surface area (Å²) in [5.74, 6) is -0.0746. The van der Waals surface area contributed by atoms with Crippen molar-refractivity contribution in [1.29, 1.82) is 0 Å². The molecule has 0 saturated heterocycles. The fourth-order valence-corrected chi connectivity index (χ4v) is 7.63. The summed E-state index contributed by atoms with van der Waals surface area (Å²) in [5, 5.41) is 23.1. The molecule has 0 radical (unpaired) electrons. The van der Waals surface area contributed by atoms with Crippen molar-refractivity contribution < 1.29 is 15.0 Å². The highest BCUT2D eigenvalue weighted by atomic mass is 16.3. The molecule has 0 aromatic carbocycles. The summed E-state index contributed by atoms with van der Waals surface area (Å²) in [7, 11) is 0. The summed E-state index contributed by atoms with van der Waals surface area (Å²) in [6.45, 7) is 4.19. The van der Waals surface area contributed by atoms with Crippen LogP contribution in [0.15, 0.2) is 85.1 Å². The minimum atomic E-state index is -0.864. The first-order chi connectivity index (χ1) is 30.2. The molecule has 3 N–H and O–H groups in total. The molecule has 0 aliphatic carbocycles. The number of amides is 1. The molecule has 0 bridgehead atoms. The van der Waals surface area contributed by atoms with Crippen molar-refractivity contribution in [2.24, 2.45) is 0 Å². The van der Waals surface area contributed by atoms with Crippen molar-refractivity contribution in [2.75, 3.05) is 6.61 Å². The van der Waals surface area contributed by atoms with E-state index in [2.05, 4.69) is 92.1 Å². The predicted octanol–water partition coefficient (Wildman–Crippen LogP) is 17.2. The first-order valence-electron chi connectivity index (χ1n) is 26.3. The van der Waals surface area contributed by atoms with Crippen LogP contribution in [0.3, 0.4) is 0 Å². The van der Waals surface area contributed by atoms with Gasteiger partial charge in [-0.05, 0) is 77.0 Å². The molecule has 2 atom stereocenters. The molecule has 1 amide bonds. The van der Waals surface area contributed by atoms with E-state index in [1.54, 1.807) is 6.08 Å². The summed E-state index contributed by atoms with van der Waals surface area (Å²) >= 11 is 0. The Kier molecular flexibility index (Phi) is 49.8. The zero-order chi connectivity index (χ0) is 44.2. The largest absolute Gasteiger partial charge is 0.394 e. The van der Waals surface area contributed by atoms with E-state index in [0.717, 1.165) is 64.2 Å². The lowest BCUT2D eigenvalue weighted by Gasteiger charge is -2.19. The smallest absolute Gasteiger partial charge is 0.220 e. The lowest BCUT2D eigenvalue weighted by atomic mass is 10.0. The van der Waals surface area contributed by atoms with Gasteiger partial charge in [-0.1, -0.05) is 253 Å². The molecule has 0 aromatic heterocycles. The Morgan fingerprint density at radius 1 is 0.410 bits per heavy atom. The maximum atomic E-state index is 12.4. The number of aliphatic hydroxyl groups excluding tert-OH is 2. The predicted molar refractivity (Wildman–Crippen MR) is 271 cm³/mol. The van der Waals surface area contributed by atoms with E-state index in [-0.39, 0.29) is 12.5 Å². The van der Waals surface area contributed by atoms with Crippen LogP contribution in [0.1, 0.15) is 251 Å². The van der Waals surface area contributed by atoms with E-state index in [1.165, 1.54) is 167 Å². The van der Waals surface area contributed by atoms with Gasteiger partial charge in [0.2, 0.25) is 5.91 Å². The van der Waals surface area contributed by atoms with Gasteiger partial charge in [0.25, 0.3) is 0 Å². The Labute approximate surface area is 380 Å². The van der Waals surface area contributed by atoms with Gasteiger partial charge >= 0.3 is 0 Å². The molecule has 0 rings (SSSR count). The lowest BCUT2D eigenvalue weighted by molar-refractivity contribution is -0.123. The second-order valence-corrected chi connectivity index (χ2v) is 17.6. The number of rotatable bonds is 47. The van der Waals surface area contributed by atoms with Crippen LogP contribution >= 0.6 is 0 Å². The SMILES string of the molecule is CC/C=C\C/C=C\C/C=C\C/C=C\C/C=C\CCCCCCCCCCCCCCCCCCCC(=O)NC(CO)C(O)/C=C/CC/C=C/CCCCCCCCCCCC. The van der Waals surface area contributed by atoms with Gasteiger partial charge in [0, 0.05) is 6.42 Å². The molecule has 0 fully saturated rings. The van der Waals surface area contributed by atoms with Gasteiger partial charge in [0.05, 0.1) is 18.8 Å². The summed E-state index contributed by atoms with van der Waals surface area (Å²) in [6, 6.07) is -0.641. The molecule has 0 heterocycles. The highest BCUT2D eigenvalue weighted by Gasteiger charge is 2.17. The van der Waals surface area contributed by atoms with E-state index in [9.17, 15) is 15.0 Å². The van der Waals surface area contributed by atoms with Gasteiger partial charge < -0.3 is 15.5 Å². The van der Waals surface area contributed by atoms with Gasteiger partial charge in [0.15, 0.2) is 0 Å². The van der Waals surface area contributed by atoms with E-state index in [0.29, 0.717) is 6.42 Å². The topological polar surface area (TPSA) is 69.6 Å². The van der Waals surface area contributed by atoms with Crippen molar-refractivity contribution in [3.05, 3.63) is 85.1 Å². The van der Waals surface area contributed by atoms with Gasteiger partial charge in [0.1, 0.15) is 0 Å². The van der Waals surface area contributed by atoms with Crippen LogP contribution in [-0.4, -0.2) is 34.9 Å². The number of nitrogens with one attached hydrogen (secondary N) is 1. The number of allylic oxidation sites excluding steroid dienone is 13. The van der Waals surface area contributed by atoms with Crippen molar-refractivity contribution in [1.82, 2.24) is 5.32 Å². The third kappa shape index (κ3) is 48.5. The van der Waals surface area contributed by atoms with E-state index in [4.69, 9.17) is 0 Å². The van der Waals surface area contributed by atoms with Crippen LogP contribution < -0.4 is 5.32 Å². The molecule has 0 saturated carbocycles. The quantitative estimate of drug-likeness (QED) is 0.0422. The van der Waals surface area contributed by atoms with E-state index >= 15 is 0 Å². The van der Waals surface area contributed by atoms with Crippen LogP contribution in [0.4, 0.5) is 0 Å². The Hall–Kier alpha value is -2.43. The average Bonchev–Trinajstić information content (AvgIpc) is 3.26. The summed E-state index contributed by atoms with van der Waals surface area (Å²) in [5.41, 5.74) is 0. The van der Waals surface area contributed by atoms with Gasteiger partial charge in [-0.2, -0.15) is 0 Å².